The minimum absolute atomic E-state index is 0.0241. The maximum atomic E-state index is 11.9. The number of aliphatic carboxylic acids is 1. The van der Waals surface area contributed by atoms with Gasteiger partial charge in [0, 0.05) is 6.54 Å². The molecular weight excluding hydrogens is 242 g/mol. The molecule has 0 spiro atoms. The molecule has 8 nitrogen and oxygen atoms in total. The van der Waals surface area contributed by atoms with Crippen LogP contribution < -0.4 is 11.1 Å². The third-order valence-corrected chi connectivity index (χ3v) is 2.67. The molecule has 102 valence electrons. The van der Waals surface area contributed by atoms with E-state index in [9.17, 15) is 14.4 Å². The van der Waals surface area contributed by atoms with Gasteiger partial charge in [-0.25, -0.2) is 9.59 Å². The van der Waals surface area contributed by atoms with E-state index in [0.717, 1.165) is 0 Å². The molecule has 0 aliphatic carbocycles. The van der Waals surface area contributed by atoms with Crippen LogP contribution in [0.25, 0.3) is 0 Å². The number of urea groups is 1. The Kier molecular flexibility index (Phi) is 4.12. The molecule has 8 heteroatoms. The predicted molar refractivity (Wildman–Crippen MR) is 60.8 cm³/mol. The molecule has 1 heterocycles. The van der Waals surface area contributed by atoms with Crippen LogP contribution >= 0.6 is 0 Å². The molecule has 3 amide bonds. The first-order valence-corrected chi connectivity index (χ1v) is 5.45. The highest BCUT2D eigenvalue weighted by Gasteiger charge is 2.36. The second kappa shape index (κ2) is 5.21. The zero-order valence-corrected chi connectivity index (χ0v) is 10.3. The number of hydrogen-bond acceptors (Lipinski definition) is 4. The van der Waals surface area contributed by atoms with Crippen molar-refractivity contribution in [3.63, 3.8) is 0 Å². The van der Waals surface area contributed by atoms with Crippen molar-refractivity contribution in [2.45, 2.75) is 25.4 Å². The standard InChI is InChI=1S/C10H17N3O5/c1-10(2,8(15)16)12-9(17)13-3-4-18-5-6(13)7(11)14/h6H,3-5H2,1-2H3,(H2,11,14)(H,12,17)(H,15,16). The average Bonchev–Trinajstić information content (AvgIpc) is 2.28. The number of carboxylic acids is 1. The summed E-state index contributed by atoms with van der Waals surface area (Å²) in [6.07, 6.45) is 0. The highest BCUT2D eigenvalue weighted by molar-refractivity contribution is 5.89. The van der Waals surface area contributed by atoms with Crippen molar-refractivity contribution in [1.82, 2.24) is 10.2 Å². The van der Waals surface area contributed by atoms with Gasteiger partial charge in [-0.15, -0.1) is 0 Å². The molecule has 1 unspecified atom stereocenters. The molecule has 1 fully saturated rings. The highest BCUT2D eigenvalue weighted by atomic mass is 16.5. The Hall–Kier alpha value is -1.83. The molecule has 1 rings (SSSR count). The van der Waals surface area contributed by atoms with Gasteiger partial charge in [-0.3, -0.25) is 4.79 Å². The van der Waals surface area contributed by atoms with E-state index in [-0.39, 0.29) is 19.8 Å². The van der Waals surface area contributed by atoms with Gasteiger partial charge in [0.2, 0.25) is 5.91 Å². The molecule has 18 heavy (non-hydrogen) atoms. The SMILES string of the molecule is CC(C)(NC(=O)N1CCOCC1C(N)=O)C(=O)O. The van der Waals surface area contributed by atoms with Gasteiger partial charge in [0.25, 0.3) is 0 Å². The van der Waals surface area contributed by atoms with Crippen molar-refractivity contribution in [3.8, 4) is 0 Å². The van der Waals surface area contributed by atoms with E-state index < -0.39 is 29.5 Å². The van der Waals surface area contributed by atoms with Crippen LogP contribution in [0.2, 0.25) is 0 Å². The fourth-order valence-corrected chi connectivity index (χ4v) is 1.48. The van der Waals surface area contributed by atoms with Crippen molar-refractivity contribution in [3.05, 3.63) is 0 Å². The summed E-state index contributed by atoms with van der Waals surface area (Å²) in [4.78, 5) is 35.2. The number of carbonyl (C=O) groups excluding carboxylic acids is 2. The normalized spacial score (nSPS) is 20.3. The molecule has 1 aliphatic heterocycles. The summed E-state index contributed by atoms with van der Waals surface area (Å²) in [5.74, 6) is -1.85. The molecular formula is C10H17N3O5. The number of amides is 3. The number of carboxylic acid groups (broad SMARTS) is 1. The predicted octanol–water partition coefficient (Wildman–Crippen LogP) is -1.25. The lowest BCUT2D eigenvalue weighted by molar-refractivity contribution is -0.143. The van der Waals surface area contributed by atoms with Crippen LogP contribution in [0, 0.1) is 0 Å². The Bertz CT molecular complexity index is 369. The quantitative estimate of drug-likeness (QED) is 0.584. The van der Waals surface area contributed by atoms with Gasteiger partial charge in [0.05, 0.1) is 13.2 Å². The number of ether oxygens (including phenoxy) is 1. The Morgan fingerprint density at radius 2 is 2.06 bits per heavy atom. The first-order chi connectivity index (χ1) is 8.25. The highest BCUT2D eigenvalue weighted by Crippen LogP contribution is 2.10. The van der Waals surface area contributed by atoms with Gasteiger partial charge >= 0.3 is 12.0 Å². The van der Waals surface area contributed by atoms with E-state index in [0.29, 0.717) is 0 Å². The number of nitrogens with two attached hydrogens (primary N) is 1. The summed E-state index contributed by atoms with van der Waals surface area (Å²) in [7, 11) is 0. The number of morpholine rings is 1. The van der Waals surface area contributed by atoms with Crippen LogP contribution in [0.1, 0.15) is 13.8 Å². The lowest BCUT2D eigenvalue weighted by Crippen LogP contribution is -2.61. The van der Waals surface area contributed by atoms with Crippen molar-refractivity contribution in [2.24, 2.45) is 5.73 Å². The number of rotatable bonds is 3. The van der Waals surface area contributed by atoms with Crippen LogP contribution in [0.4, 0.5) is 4.79 Å². The fourth-order valence-electron chi connectivity index (χ4n) is 1.48. The van der Waals surface area contributed by atoms with E-state index in [1.165, 1.54) is 18.7 Å². The minimum atomic E-state index is -1.42. The largest absolute Gasteiger partial charge is 0.480 e. The third-order valence-electron chi connectivity index (χ3n) is 2.67. The Balaban J connectivity index is 2.75. The molecule has 0 radical (unpaired) electrons. The first kappa shape index (κ1) is 14.2. The first-order valence-electron chi connectivity index (χ1n) is 5.45. The van der Waals surface area contributed by atoms with Gasteiger partial charge in [0.1, 0.15) is 11.6 Å². The van der Waals surface area contributed by atoms with Crippen LogP contribution in [0.15, 0.2) is 0 Å². The van der Waals surface area contributed by atoms with E-state index in [2.05, 4.69) is 5.32 Å². The monoisotopic (exact) mass is 259 g/mol. The smallest absolute Gasteiger partial charge is 0.328 e. The zero-order chi connectivity index (χ0) is 13.9. The van der Waals surface area contributed by atoms with Crippen LogP contribution in [0.3, 0.4) is 0 Å². The lowest BCUT2D eigenvalue weighted by atomic mass is 10.1. The molecule has 1 atom stereocenters. The van der Waals surface area contributed by atoms with E-state index in [1.807, 2.05) is 0 Å². The zero-order valence-electron chi connectivity index (χ0n) is 10.3. The minimum Gasteiger partial charge on any atom is -0.480 e. The van der Waals surface area contributed by atoms with E-state index >= 15 is 0 Å². The number of hydrogen-bond donors (Lipinski definition) is 3. The van der Waals surface area contributed by atoms with Crippen molar-refractivity contribution < 1.29 is 24.2 Å². The van der Waals surface area contributed by atoms with Gasteiger partial charge in [-0.2, -0.15) is 0 Å². The molecule has 0 bridgehead atoms. The average molecular weight is 259 g/mol. The van der Waals surface area contributed by atoms with Crippen molar-refractivity contribution in [1.29, 1.82) is 0 Å². The summed E-state index contributed by atoms with van der Waals surface area (Å²) >= 11 is 0. The third kappa shape index (κ3) is 3.10. The number of carbonyl (C=O) groups is 3. The molecule has 1 aliphatic rings. The topological polar surface area (TPSA) is 122 Å². The second-order valence-corrected chi connectivity index (χ2v) is 4.55. The molecule has 0 aromatic rings. The lowest BCUT2D eigenvalue weighted by Gasteiger charge is -2.35. The number of nitrogens with one attached hydrogen (secondary N) is 1. The summed E-state index contributed by atoms with van der Waals surface area (Å²) in [6, 6.07) is -1.52. The summed E-state index contributed by atoms with van der Waals surface area (Å²) in [5.41, 5.74) is 3.74. The van der Waals surface area contributed by atoms with Crippen LogP contribution in [0.5, 0.6) is 0 Å². The second-order valence-electron chi connectivity index (χ2n) is 4.55. The number of nitrogens with zero attached hydrogens (tertiary/aromatic N) is 1. The summed E-state index contributed by atoms with van der Waals surface area (Å²) in [5, 5.41) is 11.2. The molecule has 4 N–H and O–H groups in total. The van der Waals surface area contributed by atoms with Gasteiger partial charge in [0.15, 0.2) is 0 Å². The summed E-state index contributed by atoms with van der Waals surface area (Å²) in [6.45, 7) is 3.20. The van der Waals surface area contributed by atoms with Gasteiger partial charge in [-0.1, -0.05) is 0 Å². The fraction of sp³-hybridized carbons (Fsp3) is 0.700. The maximum Gasteiger partial charge on any atom is 0.328 e. The van der Waals surface area contributed by atoms with Gasteiger partial charge in [-0.05, 0) is 13.8 Å². The van der Waals surface area contributed by atoms with Crippen LogP contribution in [-0.4, -0.2) is 59.3 Å². The Labute approximate surface area is 104 Å². The molecule has 1 saturated heterocycles. The maximum absolute atomic E-state index is 11.9. The Morgan fingerprint density at radius 1 is 1.44 bits per heavy atom. The molecule has 0 saturated carbocycles. The van der Waals surface area contributed by atoms with E-state index in [4.69, 9.17) is 15.6 Å². The van der Waals surface area contributed by atoms with Crippen LogP contribution in [-0.2, 0) is 14.3 Å². The molecule has 0 aromatic carbocycles. The van der Waals surface area contributed by atoms with Crippen molar-refractivity contribution in [2.75, 3.05) is 19.8 Å². The molecule has 0 aromatic heterocycles. The number of primary amides is 1. The van der Waals surface area contributed by atoms with Crippen molar-refractivity contribution >= 4 is 17.9 Å². The Morgan fingerprint density at radius 3 is 2.56 bits per heavy atom. The van der Waals surface area contributed by atoms with E-state index in [1.54, 1.807) is 0 Å². The summed E-state index contributed by atoms with van der Waals surface area (Å²) < 4.78 is 5.06. The van der Waals surface area contributed by atoms with Gasteiger partial charge < -0.3 is 25.8 Å².